The van der Waals surface area contributed by atoms with Crippen molar-refractivity contribution in [3.05, 3.63) is 158 Å². The van der Waals surface area contributed by atoms with Crippen molar-refractivity contribution < 1.29 is 0 Å². The summed E-state index contributed by atoms with van der Waals surface area (Å²) < 4.78 is 3.34. The number of para-hydroxylation sites is 1. The van der Waals surface area contributed by atoms with E-state index >= 15 is 0 Å². The molecule has 4 aromatic heterocycles. The van der Waals surface area contributed by atoms with Crippen LogP contribution >= 0.6 is 11.3 Å². The highest BCUT2D eigenvalue weighted by atomic mass is 32.1. The van der Waals surface area contributed by atoms with Gasteiger partial charge >= 0.3 is 0 Å². The van der Waals surface area contributed by atoms with Crippen molar-refractivity contribution in [2.24, 2.45) is 0 Å². The number of nitrogens with zero attached hydrogens (tertiary/aromatic N) is 6. The highest BCUT2D eigenvalue weighted by Crippen LogP contribution is 2.40. The van der Waals surface area contributed by atoms with Crippen molar-refractivity contribution in [2.75, 3.05) is 0 Å². The minimum absolute atomic E-state index is 0.561. The number of fused-ring (bicyclic) bond motifs is 6. The second-order valence-electron chi connectivity index (χ2n) is 12.1. The van der Waals surface area contributed by atoms with Gasteiger partial charge in [-0.2, -0.15) is 9.97 Å². The zero-order valence-electron chi connectivity index (χ0n) is 26.6. The van der Waals surface area contributed by atoms with Gasteiger partial charge in [0.25, 0.3) is 0 Å². The summed E-state index contributed by atoms with van der Waals surface area (Å²) in [5, 5.41) is 4.44. The molecule has 0 aliphatic heterocycles. The SMILES string of the molecule is c1ccc(-c2nc(-c3ccccc3)nc(-n3c4ccccc4c4cc(-c5nc(-c6ccccc6)c6c(n5)sc5ccccc56)ccc43)n2)cc1. The number of hydrogen-bond donors (Lipinski definition) is 0. The van der Waals surface area contributed by atoms with Crippen LogP contribution in [0.5, 0.6) is 0 Å². The topological polar surface area (TPSA) is 69.4 Å². The predicted molar refractivity (Wildman–Crippen MR) is 204 cm³/mol. The molecule has 10 rings (SSSR count). The van der Waals surface area contributed by atoms with Crippen molar-refractivity contribution in [3.8, 4) is 51.4 Å². The summed E-state index contributed by atoms with van der Waals surface area (Å²) in [4.78, 5) is 26.5. The zero-order chi connectivity index (χ0) is 33.0. The maximum atomic E-state index is 5.26. The molecule has 4 heterocycles. The van der Waals surface area contributed by atoms with Crippen LogP contribution in [0.15, 0.2) is 158 Å². The minimum atomic E-state index is 0.561. The van der Waals surface area contributed by atoms with Crippen molar-refractivity contribution in [1.29, 1.82) is 0 Å². The molecule has 7 heteroatoms. The van der Waals surface area contributed by atoms with Crippen LogP contribution in [0.4, 0.5) is 0 Å². The largest absolute Gasteiger partial charge is 0.278 e. The van der Waals surface area contributed by atoms with Gasteiger partial charge in [0.15, 0.2) is 17.5 Å². The van der Waals surface area contributed by atoms with Gasteiger partial charge in [-0.1, -0.05) is 127 Å². The smallest absolute Gasteiger partial charge is 0.238 e. The molecule has 0 fully saturated rings. The summed E-state index contributed by atoms with van der Waals surface area (Å²) in [6.45, 7) is 0. The first kappa shape index (κ1) is 28.4. The number of hydrogen-bond acceptors (Lipinski definition) is 6. The number of benzene rings is 6. The number of rotatable bonds is 5. The van der Waals surface area contributed by atoms with E-state index in [-0.39, 0.29) is 0 Å². The van der Waals surface area contributed by atoms with Gasteiger partial charge in [-0.15, -0.1) is 11.3 Å². The number of thiophene rings is 1. The molecule has 0 aliphatic rings. The van der Waals surface area contributed by atoms with E-state index in [1.165, 1.54) is 10.1 Å². The van der Waals surface area contributed by atoms with Gasteiger partial charge in [0.1, 0.15) is 4.83 Å². The average Bonchev–Trinajstić information content (AvgIpc) is 3.74. The van der Waals surface area contributed by atoms with Crippen molar-refractivity contribution >= 4 is 53.4 Å². The first-order valence-electron chi connectivity index (χ1n) is 16.4. The molecule has 0 spiro atoms. The van der Waals surface area contributed by atoms with Crippen LogP contribution in [-0.4, -0.2) is 29.5 Å². The van der Waals surface area contributed by atoms with Crippen LogP contribution < -0.4 is 0 Å². The monoisotopic (exact) mass is 658 g/mol. The molecule has 234 valence electrons. The van der Waals surface area contributed by atoms with Gasteiger partial charge < -0.3 is 0 Å². The second-order valence-corrected chi connectivity index (χ2v) is 13.2. The minimum Gasteiger partial charge on any atom is -0.278 e. The molecule has 0 saturated carbocycles. The van der Waals surface area contributed by atoms with E-state index in [0.717, 1.165) is 60.0 Å². The molecule has 10 aromatic rings. The fourth-order valence-electron chi connectivity index (χ4n) is 6.78. The Kier molecular flexibility index (Phi) is 6.57. The molecule has 6 aromatic carbocycles. The Balaban J connectivity index is 1.20. The third-order valence-electron chi connectivity index (χ3n) is 9.10. The lowest BCUT2D eigenvalue weighted by molar-refractivity contribution is 0.953. The molecular formula is C43H26N6S. The molecule has 0 unspecified atom stereocenters. The van der Waals surface area contributed by atoms with Crippen LogP contribution in [0.1, 0.15) is 0 Å². The zero-order valence-corrected chi connectivity index (χ0v) is 27.4. The first-order chi connectivity index (χ1) is 24.8. The molecule has 0 aliphatic carbocycles. The summed E-state index contributed by atoms with van der Waals surface area (Å²) in [6, 6.07) is 53.9. The summed E-state index contributed by atoms with van der Waals surface area (Å²) in [6.07, 6.45) is 0. The van der Waals surface area contributed by atoms with Gasteiger partial charge in [0.05, 0.1) is 16.7 Å². The van der Waals surface area contributed by atoms with Crippen LogP contribution in [0.3, 0.4) is 0 Å². The van der Waals surface area contributed by atoms with E-state index in [1.807, 2.05) is 66.7 Å². The normalized spacial score (nSPS) is 11.6. The summed E-state index contributed by atoms with van der Waals surface area (Å²) in [7, 11) is 0. The highest BCUT2D eigenvalue weighted by molar-refractivity contribution is 7.25. The van der Waals surface area contributed by atoms with E-state index in [0.29, 0.717) is 23.4 Å². The van der Waals surface area contributed by atoms with Gasteiger partial charge in [0.2, 0.25) is 5.95 Å². The third-order valence-corrected chi connectivity index (χ3v) is 10.2. The maximum absolute atomic E-state index is 5.26. The Labute approximate surface area is 291 Å². The third kappa shape index (κ3) is 4.67. The molecule has 0 radical (unpaired) electrons. The summed E-state index contributed by atoms with van der Waals surface area (Å²) >= 11 is 1.71. The maximum Gasteiger partial charge on any atom is 0.238 e. The van der Waals surface area contributed by atoms with Gasteiger partial charge in [-0.25, -0.2) is 15.0 Å². The molecule has 6 nitrogen and oxygen atoms in total. The Morgan fingerprint density at radius 2 is 0.960 bits per heavy atom. The van der Waals surface area contributed by atoms with Gasteiger partial charge in [-0.05, 0) is 30.3 Å². The molecule has 50 heavy (non-hydrogen) atoms. The van der Waals surface area contributed by atoms with Crippen molar-refractivity contribution in [3.63, 3.8) is 0 Å². The lowest BCUT2D eigenvalue weighted by atomic mass is 10.0. The Bertz CT molecular complexity index is 2810. The fraction of sp³-hybridized carbons (Fsp3) is 0. The standard InChI is InChI=1S/C43H26N6S/c1-4-14-27(15-5-1)38-37-32-21-11-13-23-36(32)50-42(37)46-41(44-38)30-24-25-35-33(26-30)31-20-10-12-22-34(31)49(35)43-47-39(28-16-6-2-7-17-28)45-40(48-43)29-18-8-3-9-19-29/h1-26H. The molecule has 0 bridgehead atoms. The molecule has 0 saturated heterocycles. The fourth-order valence-corrected chi connectivity index (χ4v) is 7.86. The number of aromatic nitrogens is 6. The van der Waals surface area contributed by atoms with E-state index in [1.54, 1.807) is 11.3 Å². The average molecular weight is 659 g/mol. The van der Waals surface area contributed by atoms with Crippen LogP contribution in [0, 0.1) is 0 Å². The lowest BCUT2D eigenvalue weighted by Gasteiger charge is -2.11. The quantitative estimate of drug-likeness (QED) is 0.184. The van der Waals surface area contributed by atoms with Crippen LogP contribution in [0.25, 0.3) is 93.5 Å². The van der Waals surface area contributed by atoms with Crippen LogP contribution in [-0.2, 0) is 0 Å². The second kappa shape index (κ2) is 11.5. The lowest BCUT2D eigenvalue weighted by Crippen LogP contribution is -2.06. The molecule has 0 atom stereocenters. The van der Waals surface area contributed by atoms with E-state index < -0.39 is 0 Å². The van der Waals surface area contributed by atoms with E-state index in [4.69, 9.17) is 24.9 Å². The first-order valence-corrected chi connectivity index (χ1v) is 17.3. The molecule has 0 N–H and O–H groups in total. The van der Waals surface area contributed by atoms with Gasteiger partial charge in [0, 0.05) is 48.5 Å². The van der Waals surface area contributed by atoms with E-state index in [2.05, 4.69) is 95.6 Å². The predicted octanol–water partition coefficient (Wildman–Crippen LogP) is 10.8. The summed E-state index contributed by atoms with van der Waals surface area (Å²) in [5.41, 5.74) is 6.82. The highest BCUT2D eigenvalue weighted by Gasteiger charge is 2.20. The van der Waals surface area contributed by atoms with Crippen molar-refractivity contribution in [1.82, 2.24) is 29.5 Å². The Morgan fingerprint density at radius 3 is 1.66 bits per heavy atom. The van der Waals surface area contributed by atoms with Crippen LogP contribution in [0.2, 0.25) is 0 Å². The van der Waals surface area contributed by atoms with Gasteiger partial charge in [-0.3, -0.25) is 4.57 Å². The Morgan fingerprint density at radius 1 is 0.400 bits per heavy atom. The van der Waals surface area contributed by atoms with E-state index in [9.17, 15) is 0 Å². The molecular weight excluding hydrogens is 633 g/mol. The van der Waals surface area contributed by atoms with Crippen molar-refractivity contribution in [2.45, 2.75) is 0 Å². The summed E-state index contributed by atoms with van der Waals surface area (Å²) in [5.74, 6) is 2.50. The Hall–Kier alpha value is -6.57. The molecule has 0 amide bonds.